The Labute approximate surface area is 152 Å². The van der Waals surface area contributed by atoms with Gasteiger partial charge in [-0.2, -0.15) is 0 Å². The van der Waals surface area contributed by atoms with Crippen molar-refractivity contribution in [1.82, 2.24) is 0 Å². The number of carbonyl (C=O) groups is 1. The molecular weight excluding hydrogens is 368 g/mol. The molecule has 0 aromatic heterocycles. The highest BCUT2D eigenvalue weighted by molar-refractivity contribution is 9.10. The summed E-state index contributed by atoms with van der Waals surface area (Å²) in [7, 11) is 0. The number of rotatable bonds is 4. The molecule has 0 aliphatic heterocycles. The van der Waals surface area contributed by atoms with Crippen LogP contribution in [0.15, 0.2) is 40.9 Å². The van der Waals surface area contributed by atoms with E-state index in [2.05, 4.69) is 36.7 Å². The first-order chi connectivity index (χ1) is 11.2. The lowest BCUT2D eigenvalue weighted by molar-refractivity contribution is -0.136. The van der Waals surface area contributed by atoms with Gasteiger partial charge in [-0.3, -0.25) is 0 Å². The van der Waals surface area contributed by atoms with E-state index in [0.717, 1.165) is 15.6 Å². The zero-order valence-electron chi connectivity index (χ0n) is 14.8. The van der Waals surface area contributed by atoms with Crippen LogP contribution in [0, 0.1) is 13.8 Å². The van der Waals surface area contributed by atoms with Crippen molar-refractivity contribution in [2.75, 3.05) is 6.61 Å². The second-order valence-electron chi connectivity index (χ2n) is 6.91. The number of carbonyl (C=O) groups excluding carboxylic acids is 1. The van der Waals surface area contributed by atoms with Crippen molar-refractivity contribution in [2.45, 2.75) is 40.0 Å². The summed E-state index contributed by atoms with van der Waals surface area (Å²) in [5.41, 5.74) is 3.13. The molecule has 0 bridgehead atoms. The molecule has 0 aliphatic rings. The Morgan fingerprint density at radius 3 is 2.08 bits per heavy atom. The second kappa shape index (κ2) is 7.39. The fourth-order valence-electron chi connectivity index (χ4n) is 2.40. The van der Waals surface area contributed by atoms with E-state index in [1.165, 1.54) is 5.56 Å². The second-order valence-corrected chi connectivity index (χ2v) is 7.82. The van der Waals surface area contributed by atoms with E-state index in [4.69, 9.17) is 9.47 Å². The maximum Gasteiger partial charge on any atom is 0.349 e. The molecule has 0 N–H and O–H groups in total. The van der Waals surface area contributed by atoms with Crippen LogP contribution in [0.4, 0.5) is 0 Å². The molecular formula is C20H23BrO3. The standard InChI is InChI=1S/C20H23BrO3/c1-13-10-16(21)11-14(2)19(13)24-18(22)12-23-17-8-6-15(7-9-17)20(3,4)5/h6-11H,12H2,1-5H3. The van der Waals surface area contributed by atoms with Crippen LogP contribution in [0.2, 0.25) is 0 Å². The summed E-state index contributed by atoms with van der Waals surface area (Å²) in [5, 5.41) is 0. The lowest BCUT2D eigenvalue weighted by Crippen LogP contribution is -2.18. The molecule has 0 atom stereocenters. The lowest BCUT2D eigenvalue weighted by Gasteiger charge is -2.19. The van der Waals surface area contributed by atoms with Crippen molar-refractivity contribution in [3.05, 3.63) is 57.6 Å². The zero-order chi connectivity index (χ0) is 17.9. The molecule has 0 saturated carbocycles. The third-order valence-corrected chi connectivity index (χ3v) is 4.18. The van der Waals surface area contributed by atoms with Gasteiger partial charge in [-0.1, -0.05) is 48.8 Å². The highest BCUT2D eigenvalue weighted by Crippen LogP contribution is 2.28. The van der Waals surface area contributed by atoms with Crippen molar-refractivity contribution in [1.29, 1.82) is 0 Å². The predicted molar refractivity (Wildman–Crippen MR) is 99.9 cm³/mol. The van der Waals surface area contributed by atoms with Gasteiger partial charge in [0.05, 0.1) is 0 Å². The molecule has 0 fully saturated rings. The van der Waals surface area contributed by atoms with E-state index >= 15 is 0 Å². The van der Waals surface area contributed by atoms with Crippen molar-refractivity contribution in [2.24, 2.45) is 0 Å². The Bertz CT molecular complexity index is 705. The Kier molecular flexibility index (Phi) is 5.70. The summed E-state index contributed by atoms with van der Waals surface area (Å²) < 4.78 is 11.9. The minimum absolute atomic E-state index is 0.0914. The van der Waals surface area contributed by atoms with Gasteiger partial charge in [-0.05, 0) is 60.2 Å². The molecule has 0 radical (unpaired) electrons. The fourth-order valence-corrected chi connectivity index (χ4v) is 3.08. The van der Waals surface area contributed by atoms with Crippen molar-refractivity contribution in [3.63, 3.8) is 0 Å². The van der Waals surface area contributed by atoms with E-state index in [1.807, 2.05) is 50.2 Å². The monoisotopic (exact) mass is 390 g/mol. The maximum absolute atomic E-state index is 12.0. The van der Waals surface area contributed by atoms with Gasteiger partial charge >= 0.3 is 5.97 Å². The Balaban J connectivity index is 1.97. The topological polar surface area (TPSA) is 35.5 Å². The molecule has 2 aromatic carbocycles. The molecule has 0 unspecified atom stereocenters. The number of hydrogen-bond acceptors (Lipinski definition) is 3. The highest BCUT2D eigenvalue weighted by atomic mass is 79.9. The van der Waals surface area contributed by atoms with Crippen LogP contribution in [0.3, 0.4) is 0 Å². The summed E-state index contributed by atoms with van der Waals surface area (Å²) in [5.74, 6) is 0.836. The first-order valence-electron chi connectivity index (χ1n) is 7.87. The van der Waals surface area contributed by atoms with Crippen LogP contribution in [-0.2, 0) is 10.2 Å². The third kappa shape index (κ3) is 4.84. The Morgan fingerprint density at radius 1 is 1.04 bits per heavy atom. The van der Waals surface area contributed by atoms with Gasteiger partial charge in [0.15, 0.2) is 6.61 Å². The van der Waals surface area contributed by atoms with Gasteiger partial charge in [0.2, 0.25) is 0 Å². The molecule has 3 nitrogen and oxygen atoms in total. The molecule has 2 aromatic rings. The van der Waals surface area contributed by atoms with E-state index in [-0.39, 0.29) is 12.0 Å². The van der Waals surface area contributed by atoms with E-state index < -0.39 is 5.97 Å². The summed E-state index contributed by atoms with van der Waals surface area (Å²) in [6.45, 7) is 10.2. The number of esters is 1. The number of ether oxygens (including phenoxy) is 2. The molecule has 4 heteroatoms. The van der Waals surface area contributed by atoms with Crippen molar-refractivity contribution < 1.29 is 14.3 Å². The highest BCUT2D eigenvalue weighted by Gasteiger charge is 2.14. The minimum Gasteiger partial charge on any atom is -0.482 e. The van der Waals surface area contributed by atoms with E-state index in [1.54, 1.807) is 0 Å². The molecule has 0 heterocycles. The first-order valence-corrected chi connectivity index (χ1v) is 8.67. The molecule has 0 aliphatic carbocycles. The molecule has 128 valence electrons. The van der Waals surface area contributed by atoms with Crippen LogP contribution in [0.5, 0.6) is 11.5 Å². The molecule has 0 saturated heterocycles. The van der Waals surface area contributed by atoms with Crippen LogP contribution in [-0.4, -0.2) is 12.6 Å². The SMILES string of the molecule is Cc1cc(Br)cc(C)c1OC(=O)COc1ccc(C(C)(C)C)cc1. The van der Waals surface area contributed by atoms with Gasteiger partial charge in [0, 0.05) is 4.47 Å². The van der Waals surface area contributed by atoms with Crippen LogP contribution in [0.25, 0.3) is 0 Å². The molecule has 0 amide bonds. The summed E-state index contributed by atoms with van der Waals surface area (Å²) in [6.07, 6.45) is 0. The molecule has 2 rings (SSSR count). The van der Waals surface area contributed by atoms with Gasteiger partial charge in [-0.25, -0.2) is 4.79 Å². The normalized spacial score (nSPS) is 11.2. The number of benzene rings is 2. The number of aryl methyl sites for hydroxylation is 2. The first kappa shape index (κ1) is 18.5. The zero-order valence-corrected chi connectivity index (χ0v) is 16.4. The number of halogens is 1. The molecule has 0 spiro atoms. The van der Waals surface area contributed by atoms with Gasteiger partial charge in [0.25, 0.3) is 0 Å². The van der Waals surface area contributed by atoms with Crippen molar-refractivity contribution >= 4 is 21.9 Å². The maximum atomic E-state index is 12.0. The Morgan fingerprint density at radius 2 is 1.58 bits per heavy atom. The molecule has 24 heavy (non-hydrogen) atoms. The summed E-state index contributed by atoms with van der Waals surface area (Å²) in [4.78, 5) is 12.0. The van der Waals surface area contributed by atoms with E-state index in [0.29, 0.717) is 11.5 Å². The van der Waals surface area contributed by atoms with E-state index in [9.17, 15) is 4.79 Å². The average molecular weight is 391 g/mol. The fraction of sp³-hybridized carbons (Fsp3) is 0.350. The third-order valence-electron chi connectivity index (χ3n) is 3.72. The van der Waals surface area contributed by atoms with Crippen LogP contribution in [0.1, 0.15) is 37.5 Å². The smallest absolute Gasteiger partial charge is 0.349 e. The van der Waals surface area contributed by atoms with Gasteiger partial charge in [0.1, 0.15) is 11.5 Å². The predicted octanol–water partition coefficient (Wildman–Crippen LogP) is 5.35. The Hall–Kier alpha value is -1.81. The minimum atomic E-state index is -0.413. The van der Waals surface area contributed by atoms with Gasteiger partial charge in [-0.15, -0.1) is 0 Å². The average Bonchev–Trinajstić information content (AvgIpc) is 2.48. The lowest BCUT2D eigenvalue weighted by atomic mass is 9.87. The summed E-state index contributed by atoms with van der Waals surface area (Å²) in [6, 6.07) is 11.6. The van der Waals surface area contributed by atoms with Crippen molar-refractivity contribution in [3.8, 4) is 11.5 Å². The van der Waals surface area contributed by atoms with Crippen LogP contribution < -0.4 is 9.47 Å². The van der Waals surface area contributed by atoms with Gasteiger partial charge < -0.3 is 9.47 Å². The van der Waals surface area contributed by atoms with Crippen LogP contribution >= 0.6 is 15.9 Å². The number of hydrogen-bond donors (Lipinski definition) is 0. The quantitative estimate of drug-likeness (QED) is 0.521. The largest absolute Gasteiger partial charge is 0.482 e. The summed E-state index contributed by atoms with van der Waals surface area (Å²) >= 11 is 3.43.